The van der Waals surface area contributed by atoms with Gasteiger partial charge in [0.2, 0.25) is 11.8 Å². The van der Waals surface area contributed by atoms with Crippen molar-refractivity contribution in [1.82, 2.24) is 10.2 Å². The van der Waals surface area contributed by atoms with Gasteiger partial charge in [0.1, 0.15) is 18.3 Å². The largest absolute Gasteiger partial charge is 0.494 e. The molecular formula is C29H33Cl2N3O5S2. The number of rotatable bonds is 13. The molecule has 0 aromatic heterocycles. The molecule has 0 saturated carbocycles. The number of nitrogens with one attached hydrogen (secondary N) is 1. The van der Waals surface area contributed by atoms with E-state index in [-0.39, 0.29) is 17.1 Å². The highest BCUT2D eigenvalue weighted by atomic mass is 35.5. The van der Waals surface area contributed by atoms with Crippen LogP contribution in [0.3, 0.4) is 0 Å². The number of halogens is 2. The number of thioether (sulfide) groups is 1. The minimum atomic E-state index is -4.20. The molecule has 1 atom stereocenters. The van der Waals surface area contributed by atoms with Crippen LogP contribution in [0, 0.1) is 0 Å². The zero-order valence-corrected chi connectivity index (χ0v) is 26.4. The van der Waals surface area contributed by atoms with Crippen molar-refractivity contribution in [3.05, 3.63) is 82.3 Å². The highest BCUT2D eigenvalue weighted by Crippen LogP contribution is 2.29. The molecule has 0 heterocycles. The fourth-order valence-electron chi connectivity index (χ4n) is 4.04. The lowest BCUT2D eigenvalue weighted by molar-refractivity contribution is -0.139. The van der Waals surface area contributed by atoms with Crippen LogP contribution >= 0.6 is 35.0 Å². The van der Waals surface area contributed by atoms with Crippen LogP contribution in [0.25, 0.3) is 0 Å². The molecule has 41 heavy (non-hydrogen) atoms. The minimum Gasteiger partial charge on any atom is -0.494 e. The van der Waals surface area contributed by atoms with E-state index in [0.29, 0.717) is 34.5 Å². The predicted molar refractivity (Wildman–Crippen MR) is 166 cm³/mol. The molecule has 0 aliphatic heterocycles. The average molecular weight is 639 g/mol. The first-order chi connectivity index (χ1) is 19.5. The molecule has 1 N–H and O–H groups in total. The van der Waals surface area contributed by atoms with Gasteiger partial charge in [0.25, 0.3) is 10.0 Å². The van der Waals surface area contributed by atoms with Crippen molar-refractivity contribution in [3.8, 4) is 5.75 Å². The van der Waals surface area contributed by atoms with Gasteiger partial charge in [0.15, 0.2) is 0 Å². The lowest BCUT2D eigenvalue weighted by Gasteiger charge is -2.32. The molecule has 0 bridgehead atoms. The van der Waals surface area contributed by atoms with E-state index in [0.717, 1.165) is 9.20 Å². The van der Waals surface area contributed by atoms with Crippen LogP contribution in [0.5, 0.6) is 5.75 Å². The summed E-state index contributed by atoms with van der Waals surface area (Å²) in [5.41, 5.74) is 0.709. The van der Waals surface area contributed by atoms with Gasteiger partial charge in [-0.15, -0.1) is 11.8 Å². The number of benzene rings is 3. The molecule has 0 fully saturated rings. The van der Waals surface area contributed by atoms with Crippen LogP contribution in [-0.4, -0.2) is 57.1 Å². The number of carbonyl (C=O) groups excluding carboxylic acids is 2. The van der Waals surface area contributed by atoms with Crippen LogP contribution < -0.4 is 14.4 Å². The predicted octanol–water partition coefficient (Wildman–Crippen LogP) is 5.86. The first-order valence-electron chi connectivity index (χ1n) is 12.9. The zero-order valence-electron chi connectivity index (χ0n) is 23.3. The Labute approximate surface area is 256 Å². The van der Waals surface area contributed by atoms with E-state index in [4.69, 9.17) is 27.9 Å². The summed E-state index contributed by atoms with van der Waals surface area (Å²) in [6.07, 6.45) is 1.89. The molecule has 8 nitrogen and oxygen atoms in total. The van der Waals surface area contributed by atoms with Gasteiger partial charge in [-0.05, 0) is 87.7 Å². The summed E-state index contributed by atoms with van der Waals surface area (Å²) in [7, 11) is -4.20. The molecule has 3 aromatic carbocycles. The lowest BCUT2D eigenvalue weighted by atomic mass is 10.1. The molecule has 0 unspecified atom stereocenters. The third-order valence-corrected chi connectivity index (χ3v) is 9.51. The quantitative estimate of drug-likeness (QED) is 0.236. The van der Waals surface area contributed by atoms with Gasteiger partial charge in [-0.1, -0.05) is 29.3 Å². The van der Waals surface area contributed by atoms with Crippen molar-refractivity contribution < 1.29 is 22.7 Å². The molecule has 220 valence electrons. The first-order valence-corrected chi connectivity index (χ1v) is 16.3. The Balaban J connectivity index is 2.07. The SMILES string of the molecule is CCNC(=O)[C@H](C)N(Cc1c(Cl)cccc1Cl)C(=O)CN(c1ccc(OCC)cc1)S(=O)(=O)c1ccc(SC)cc1. The summed E-state index contributed by atoms with van der Waals surface area (Å²) >= 11 is 14.3. The number of nitrogens with zero attached hydrogens (tertiary/aromatic N) is 2. The van der Waals surface area contributed by atoms with E-state index in [2.05, 4.69) is 5.32 Å². The zero-order chi connectivity index (χ0) is 30.2. The second kappa shape index (κ2) is 14.8. The van der Waals surface area contributed by atoms with Crippen LogP contribution in [0.15, 0.2) is 76.5 Å². The third-order valence-electron chi connectivity index (χ3n) is 6.27. The van der Waals surface area contributed by atoms with E-state index in [1.54, 1.807) is 68.4 Å². The van der Waals surface area contributed by atoms with Crippen LogP contribution in [0.1, 0.15) is 26.3 Å². The number of carbonyl (C=O) groups is 2. The maximum atomic E-state index is 14.0. The Kier molecular flexibility index (Phi) is 11.8. The summed E-state index contributed by atoms with van der Waals surface area (Å²) in [4.78, 5) is 29.0. The average Bonchev–Trinajstić information content (AvgIpc) is 2.96. The third kappa shape index (κ3) is 8.09. The number of hydrogen-bond acceptors (Lipinski definition) is 6. The van der Waals surface area contributed by atoms with Gasteiger partial charge in [-0.25, -0.2) is 8.42 Å². The van der Waals surface area contributed by atoms with Crippen molar-refractivity contribution in [1.29, 1.82) is 0 Å². The second-order valence-electron chi connectivity index (χ2n) is 8.91. The van der Waals surface area contributed by atoms with Crippen LogP contribution in [-0.2, 0) is 26.2 Å². The van der Waals surface area contributed by atoms with Gasteiger partial charge < -0.3 is 15.0 Å². The lowest BCUT2D eigenvalue weighted by Crippen LogP contribution is -2.51. The van der Waals surface area contributed by atoms with E-state index in [9.17, 15) is 18.0 Å². The molecular weight excluding hydrogens is 605 g/mol. The number of ether oxygens (including phenoxy) is 1. The molecule has 0 aliphatic carbocycles. The highest BCUT2D eigenvalue weighted by Gasteiger charge is 2.33. The Hall–Kier alpha value is -2.92. The normalized spacial score (nSPS) is 12.0. The molecule has 0 aliphatic rings. The highest BCUT2D eigenvalue weighted by molar-refractivity contribution is 7.98. The molecule has 0 radical (unpaired) electrons. The van der Waals surface area contributed by atoms with Crippen LogP contribution in [0.4, 0.5) is 5.69 Å². The van der Waals surface area contributed by atoms with Gasteiger partial charge in [-0.2, -0.15) is 0 Å². The van der Waals surface area contributed by atoms with Gasteiger partial charge >= 0.3 is 0 Å². The van der Waals surface area contributed by atoms with Crippen molar-refractivity contribution >= 4 is 62.5 Å². The Bertz CT molecular complexity index is 1430. The van der Waals surface area contributed by atoms with Gasteiger partial charge in [0, 0.05) is 33.6 Å². The molecule has 0 saturated heterocycles. The summed E-state index contributed by atoms with van der Waals surface area (Å²) in [5.74, 6) is -0.450. The standard InChI is InChI=1S/C29H33Cl2N3O5S2/c1-5-32-29(36)20(3)33(18-25-26(30)8-7-9-27(25)31)28(35)19-34(21-10-12-22(13-11-21)39-6-2)41(37,38)24-16-14-23(40-4)15-17-24/h7-17,20H,5-6,18-19H2,1-4H3,(H,32,36)/t20-/m0/s1. The molecule has 3 rings (SSSR count). The van der Waals surface area contributed by atoms with Gasteiger partial charge in [0.05, 0.1) is 17.2 Å². The topological polar surface area (TPSA) is 96.0 Å². The number of sulfonamides is 1. The van der Waals surface area contributed by atoms with Gasteiger partial charge in [-0.3, -0.25) is 13.9 Å². The molecule has 3 aromatic rings. The van der Waals surface area contributed by atoms with E-state index < -0.39 is 34.4 Å². The van der Waals surface area contributed by atoms with Crippen LogP contribution in [0.2, 0.25) is 10.0 Å². The summed E-state index contributed by atoms with van der Waals surface area (Å²) in [6, 6.07) is 16.9. The first kappa shape index (κ1) is 32.6. The number of amides is 2. The van der Waals surface area contributed by atoms with Crippen molar-refractivity contribution in [3.63, 3.8) is 0 Å². The molecule has 2 amide bonds. The Morgan fingerprint density at radius 2 is 1.59 bits per heavy atom. The molecule has 12 heteroatoms. The summed E-state index contributed by atoms with van der Waals surface area (Å²) in [6.45, 7) is 5.31. The van der Waals surface area contributed by atoms with Crippen molar-refractivity contribution in [2.75, 3.05) is 30.3 Å². The van der Waals surface area contributed by atoms with E-state index in [1.807, 2.05) is 13.2 Å². The Morgan fingerprint density at radius 3 is 2.12 bits per heavy atom. The monoisotopic (exact) mass is 637 g/mol. The minimum absolute atomic E-state index is 0.0226. The second-order valence-corrected chi connectivity index (χ2v) is 12.5. The fraction of sp³-hybridized carbons (Fsp3) is 0.310. The maximum Gasteiger partial charge on any atom is 0.264 e. The number of anilines is 1. The van der Waals surface area contributed by atoms with Crippen molar-refractivity contribution in [2.45, 2.75) is 43.1 Å². The summed E-state index contributed by atoms with van der Waals surface area (Å²) in [5, 5.41) is 3.36. The van der Waals surface area contributed by atoms with Crippen molar-refractivity contribution in [2.24, 2.45) is 0 Å². The van der Waals surface area contributed by atoms with E-state index in [1.165, 1.54) is 28.8 Å². The van der Waals surface area contributed by atoms with E-state index >= 15 is 0 Å². The Morgan fingerprint density at radius 1 is 0.976 bits per heavy atom. The number of likely N-dealkylation sites (N-methyl/N-ethyl adjacent to an activating group) is 1. The summed E-state index contributed by atoms with van der Waals surface area (Å²) < 4.78 is 34.5. The molecule has 0 spiro atoms. The maximum absolute atomic E-state index is 14.0. The smallest absolute Gasteiger partial charge is 0.264 e. The fourth-order valence-corrected chi connectivity index (χ4v) is 6.38. The number of hydrogen-bond donors (Lipinski definition) is 1.